The first kappa shape index (κ1) is 13.6. The zero-order chi connectivity index (χ0) is 11.8. The summed E-state index contributed by atoms with van der Waals surface area (Å²) in [4.78, 5) is 0. The highest BCUT2D eigenvalue weighted by atomic mass is 32.2. The van der Waals surface area contributed by atoms with E-state index in [9.17, 15) is 0 Å². The normalized spacial score (nSPS) is 14.7. The molecule has 2 unspecified atom stereocenters. The fourth-order valence-corrected chi connectivity index (χ4v) is 2.18. The van der Waals surface area contributed by atoms with Crippen LogP contribution in [0.3, 0.4) is 0 Å². The number of hydrogen-bond acceptors (Lipinski definition) is 3. The molecule has 0 saturated heterocycles. The van der Waals surface area contributed by atoms with Crippen LogP contribution in [0, 0.1) is 5.92 Å². The van der Waals surface area contributed by atoms with Crippen LogP contribution in [0.1, 0.15) is 18.5 Å². The summed E-state index contributed by atoms with van der Waals surface area (Å²) in [6, 6.07) is 10.9. The first-order valence-corrected chi connectivity index (χ1v) is 7.05. The van der Waals surface area contributed by atoms with Crippen molar-refractivity contribution in [1.29, 1.82) is 0 Å². The molecule has 1 rings (SSSR count). The second-order valence-electron chi connectivity index (χ2n) is 4.11. The Balaban J connectivity index is 2.54. The van der Waals surface area contributed by atoms with E-state index in [1.54, 1.807) is 0 Å². The summed E-state index contributed by atoms with van der Waals surface area (Å²) >= 11 is 1.84. The lowest BCUT2D eigenvalue weighted by atomic mass is 10.1. The van der Waals surface area contributed by atoms with Gasteiger partial charge in [-0.05, 0) is 17.7 Å². The molecular formula is C13H21NOS. The first-order valence-electron chi connectivity index (χ1n) is 5.66. The highest BCUT2D eigenvalue weighted by Crippen LogP contribution is 2.16. The standard InChI is InChI=1S/C13H21NOS/c1-11(9-15)8-14-13(10-16-2)12-6-4-3-5-7-12/h3-7,11,13-15H,8-10H2,1-2H3. The Kier molecular flexibility index (Phi) is 6.53. The zero-order valence-electron chi connectivity index (χ0n) is 10.0. The number of hydrogen-bond donors (Lipinski definition) is 2. The fraction of sp³-hybridized carbons (Fsp3) is 0.538. The first-order chi connectivity index (χ1) is 7.77. The second kappa shape index (κ2) is 7.71. The molecule has 0 spiro atoms. The summed E-state index contributed by atoms with van der Waals surface area (Å²) in [5, 5.41) is 12.5. The molecule has 0 aliphatic carbocycles. The number of benzene rings is 1. The molecule has 0 radical (unpaired) electrons. The number of thioether (sulfide) groups is 1. The van der Waals surface area contributed by atoms with Crippen molar-refractivity contribution in [2.24, 2.45) is 5.92 Å². The van der Waals surface area contributed by atoms with Gasteiger partial charge in [0.15, 0.2) is 0 Å². The average molecular weight is 239 g/mol. The largest absolute Gasteiger partial charge is 0.396 e. The van der Waals surface area contributed by atoms with Crippen molar-refractivity contribution >= 4 is 11.8 Å². The van der Waals surface area contributed by atoms with E-state index >= 15 is 0 Å². The maximum Gasteiger partial charge on any atom is 0.0468 e. The van der Waals surface area contributed by atoms with Crippen molar-refractivity contribution in [3.05, 3.63) is 35.9 Å². The molecule has 0 aliphatic rings. The number of aliphatic hydroxyl groups excluding tert-OH is 1. The Morgan fingerprint density at radius 2 is 2.00 bits per heavy atom. The van der Waals surface area contributed by atoms with Crippen molar-refractivity contribution < 1.29 is 5.11 Å². The summed E-state index contributed by atoms with van der Waals surface area (Å²) in [7, 11) is 0. The molecule has 0 amide bonds. The number of rotatable bonds is 7. The van der Waals surface area contributed by atoms with Gasteiger partial charge in [-0.1, -0.05) is 37.3 Å². The summed E-state index contributed by atoms with van der Waals surface area (Å²) in [6.45, 7) is 3.15. The van der Waals surface area contributed by atoms with Gasteiger partial charge in [-0.25, -0.2) is 0 Å². The van der Waals surface area contributed by atoms with Gasteiger partial charge >= 0.3 is 0 Å². The Bertz CT molecular complexity index is 279. The predicted octanol–water partition coefficient (Wildman–Crippen LogP) is 2.31. The molecule has 0 heterocycles. The van der Waals surface area contributed by atoms with E-state index in [1.807, 2.05) is 24.8 Å². The van der Waals surface area contributed by atoms with E-state index in [1.165, 1.54) is 5.56 Å². The van der Waals surface area contributed by atoms with E-state index in [0.29, 0.717) is 12.0 Å². The third-order valence-electron chi connectivity index (χ3n) is 2.56. The van der Waals surface area contributed by atoms with Crippen LogP contribution in [0.2, 0.25) is 0 Å². The molecule has 2 atom stereocenters. The molecule has 0 fully saturated rings. The summed E-state index contributed by atoms with van der Waals surface area (Å²) < 4.78 is 0. The Labute approximate surface area is 102 Å². The van der Waals surface area contributed by atoms with E-state index in [0.717, 1.165) is 12.3 Å². The minimum absolute atomic E-state index is 0.244. The van der Waals surface area contributed by atoms with Gasteiger partial charge in [0.25, 0.3) is 0 Å². The Morgan fingerprint density at radius 3 is 2.56 bits per heavy atom. The van der Waals surface area contributed by atoms with Gasteiger partial charge < -0.3 is 10.4 Å². The SMILES string of the molecule is CSCC(NCC(C)CO)c1ccccc1. The Morgan fingerprint density at radius 1 is 1.31 bits per heavy atom. The summed E-state index contributed by atoms with van der Waals surface area (Å²) in [5.41, 5.74) is 1.32. The fourth-order valence-electron chi connectivity index (χ4n) is 1.53. The number of aliphatic hydroxyl groups is 1. The molecule has 0 saturated carbocycles. The van der Waals surface area contributed by atoms with Gasteiger partial charge in [-0.2, -0.15) is 11.8 Å². The third-order valence-corrected chi connectivity index (χ3v) is 3.23. The average Bonchev–Trinajstić information content (AvgIpc) is 2.35. The van der Waals surface area contributed by atoms with Crippen molar-refractivity contribution in [3.8, 4) is 0 Å². The van der Waals surface area contributed by atoms with Crippen LogP contribution >= 0.6 is 11.8 Å². The predicted molar refractivity (Wildman–Crippen MR) is 71.8 cm³/mol. The number of nitrogens with one attached hydrogen (secondary N) is 1. The van der Waals surface area contributed by atoms with Gasteiger partial charge in [0.2, 0.25) is 0 Å². The molecule has 3 heteroatoms. The van der Waals surface area contributed by atoms with Crippen LogP contribution in [-0.2, 0) is 0 Å². The van der Waals surface area contributed by atoms with Crippen LogP contribution < -0.4 is 5.32 Å². The summed E-state index contributed by atoms with van der Waals surface area (Å²) in [6.07, 6.45) is 2.12. The third kappa shape index (κ3) is 4.56. The summed E-state index contributed by atoms with van der Waals surface area (Å²) in [5.74, 6) is 1.37. The van der Waals surface area contributed by atoms with Gasteiger partial charge in [0.05, 0.1) is 0 Å². The van der Waals surface area contributed by atoms with Crippen molar-refractivity contribution in [2.45, 2.75) is 13.0 Å². The lowest BCUT2D eigenvalue weighted by Crippen LogP contribution is -2.29. The van der Waals surface area contributed by atoms with E-state index in [-0.39, 0.29) is 6.61 Å². The second-order valence-corrected chi connectivity index (χ2v) is 5.03. The van der Waals surface area contributed by atoms with E-state index in [2.05, 4.69) is 35.8 Å². The van der Waals surface area contributed by atoms with Gasteiger partial charge in [-0.15, -0.1) is 0 Å². The van der Waals surface area contributed by atoms with Gasteiger partial charge in [0.1, 0.15) is 0 Å². The molecule has 2 N–H and O–H groups in total. The molecule has 1 aromatic carbocycles. The minimum atomic E-state index is 0.244. The van der Waals surface area contributed by atoms with Crippen molar-refractivity contribution in [3.63, 3.8) is 0 Å². The smallest absolute Gasteiger partial charge is 0.0468 e. The van der Waals surface area contributed by atoms with Gasteiger partial charge in [-0.3, -0.25) is 0 Å². The van der Waals surface area contributed by atoms with E-state index < -0.39 is 0 Å². The van der Waals surface area contributed by atoms with Crippen molar-refractivity contribution in [1.82, 2.24) is 5.32 Å². The molecular weight excluding hydrogens is 218 g/mol. The molecule has 1 aromatic rings. The minimum Gasteiger partial charge on any atom is -0.396 e. The lowest BCUT2D eigenvalue weighted by molar-refractivity contribution is 0.231. The van der Waals surface area contributed by atoms with E-state index in [4.69, 9.17) is 5.11 Å². The highest BCUT2D eigenvalue weighted by molar-refractivity contribution is 7.98. The zero-order valence-corrected chi connectivity index (χ0v) is 10.8. The van der Waals surface area contributed by atoms with Crippen LogP contribution in [0.15, 0.2) is 30.3 Å². The molecule has 0 aliphatic heterocycles. The van der Waals surface area contributed by atoms with Crippen LogP contribution in [0.4, 0.5) is 0 Å². The van der Waals surface area contributed by atoms with Crippen LogP contribution in [0.5, 0.6) is 0 Å². The Hall–Kier alpha value is -0.510. The molecule has 0 aromatic heterocycles. The van der Waals surface area contributed by atoms with Gasteiger partial charge in [0, 0.05) is 24.9 Å². The maximum atomic E-state index is 9.00. The van der Waals surface area contributed by atoms with Crippen molar-refractivity contribution in [2.75, 3.05) is 25.2 Å². The molecule has 2 nitrogen and oxygen atoms in total. The quantitative estimate of drug-likeness (QED) is 0.766. The monoisotopic (exact) mass is 239 g/mol. The lowest BCUT2D eigenvalue weighted by Gasteiger charge is -2.20. The molecule has 90 valence electrons. The molecule has 16 heavy (non-hydrogen) atoms. The maximum absolute atomic E-state index is 9.00. The van der Waals surface area contributed by atoms with Crippen LogP contribution in [-0.4, -0.2) is 30.3 Å². The van der Waals surface area contributed by atoms with Crippen LogP contribution in [0.25, 0.3) is 0 Å². The molecule has 0 bridgehead atoms. The highest BCUT2D eigenvalue weighted by Gasteiger charge is 2.10. The topological polar surface area (TPSA) is 32.3 Å².